The maximum atomic E-state index is 5.03. The third kappa shape index (κ3) is 5.08. The van der Waals surface area contributed by atoms with Crippen LogP contribution in [0.15, 0.2) is 0 Å². The number of hydrogen-bond acceptors (Lipinski definition) is 1. The number of nitrogens with two attached hydrogens (primary N) is 1. The molecule has 36 valence electrons. The van der Waals surface area contributed by atoms with Crippen LogP contribution in [0, 0.1) is 24.2 Å². The molecule has 0 bridgehead atoms. The van der Waals surface area contributed by atoms with Crippen LogP contribution < -0.4 is 5.73 Å². The van der Waals surface area contributed by atoms with Crippen LogP contribution in [-0.2, 0) is 0 Å². The van der Waals surface area contributed by atoms with Crippen LogP contribution in [0.2, 0.25) is 0 Å². The zero-order valence-corrected chi connectivity index (χ0v) is 4.07. The molecule has 0 aromatic carbocycles. The van der Waals surface area contributed by atoms with Crippen LogP contribution in [-0.4, -0.2) is 6.54 Å². The predicted molar refractivity (Wildman–Crippen MR) is 30.3 cm³/mol. The Bertz CT molecular complexity index is 119. The topological polar surface area (TPSA) is 26.0 Å². The number of hydrogen-bond donors (Lipinski definition) is 1. The number of rotatable bonds is 0. The molecule has 2 N–H and O–H groups in total. The van der Waals surface area contributed by atoms with Gasteiger partial charge in [0.05, 0.1) is 13.0 Å². The fraction of sp³-hybridized carbons (Fsp3) is 0.333. The van der Waals surface area contributed by atoms with Gasteiger partial charge >= 0.3 is 0 Å². The highest BCUT2D eigenvalue weighted by atomic mass is 14.5. The highest BCUT2D eigenvalue weighted by molar-refractivity contribution is 5.07. The van der Waals surface area contributed by atoms with Gasteiger partial charge in [0.15, 0.2) is 0 Å². The summed E-state index contributed by atoms with van der Waals surface area (Å²) in [6.07, 6.45) is 5.39. The maximum Gasteiger partial charge on any atom is 0.0700 e. The summed E-state index contributed by atoms with van der Waals surface area (Å²) >= 11 is 0. The molecule has 0 amide bonds. The molecular formula is C6H7N. The molecule has 0 aliphatic carbocycles. The molecule has 0 saturated heterocycles. The zero-order valence-electron chi connectivity index (χ0n) is 4.07. The molecule has 0 aliphatic rings. The molecule has 0 rings (SSSR count). The van der Waals surface area contributed by atoms with Crippen molar-refractivity contribution in [3.8, 4) is 24.2 Å². The Balaban J connectivity index is 3.12. The van der Waals surface area contributed by atoms with Gasteiger partial charge in [0.2, 0.25) is 0 Å². The first-order valence-electron chi connectivity index (χ1n) is 2.01. The molecule has 0 unspecified atom stereocenters. The zero-order chi connectivity index (χ0) is 5.54. The molecule has 0 atom stereocenters. The lowest BCUT2D eigenvalue weighted by Gasteiger charge is -1.67. The van der Waals surface area contributed by atoms with Gasteiger partial charge in [-0.05, 0) is 0 Å². The first-order valence-corrected chi connectivity index (χ1v) is 2.01. The summed E-state index contributed by atoms with van der Waals surface area (Å²) in [5.41, 5.74) is 5.03. The van der Waals surface area contributed by atoms with Gasteiger partial charge in [-0.25, -0.2) is 0 Å². The van der Waals surface area contributed by atoms with Gasteiger partial charge in [-0.2, -0.15) is 0 Å². The Morgan fingerprint density at radius 2 is 2.14 bits per heavy atom. The monoisotopic (exact) mass is 93.1 g/mol. The van der Waals surface area contributed by atoms with Gasteiger partial charge in [-0.1, -0.05) is 17.8 Å². The molecule has 0 heterocycles. The molecular weight excluding hydrogens is 86.1 g/mol. The minimum atomic E-state index is 0.404. The van der Waals surface area contributed by atoms with Crippen LogP contribution in [0.25, 0.3) is 0 Å². The van der Waals surface area contributed by atoms with Crippen molar-refractivity contribution in [1.29, 1.82) is 0 Å². The Hall–Kier alpha value is -0.920. The average Bonchev–Trinajstić information content (AvgIpc) is 1.69. The molecule has 0 radical (unpaired) electrons. The largest absolute Gasteiger partial charge is 0.320 e. The van der Waals surface area contributed by atoms with E-state index in [9.17, 15) is 0 Å². The Morgan fingerprint density at radius 3 is 2.57 bits per heavy atom. The average molecular weight is 93.1 g/mol. The van der Waals surface area contributed by atoms with Gasteiger partial charge in [0, 0.05) is 0 Å². The summed E-state index contributed by atoms with van der Waals surface area (Å²) in [4.78, 5) is 0. The van der Waals surface area contributed by atoms with Gasteiger partial charge in [-0.3, -0.25) is 0 Å². The van der Waals surface area contributed by atoms with Crippen molar-refractivity contribution >= 4 is 0 Å². The Labute approximate surface area is 43.9 Å². The number of terminal acetylenes is 1. The Morgan fingerprint density at radius 1 is 1.43 bits per heavy atom. The van der Waals surface area contributed by atoms with Gasteiger partial charge in [0.1, 0.15) is 0 Å². The molecule has 0 aliphatic heterocycles. The first-order chi connectivity index (χ1) is 3.41. The lowest BCUT2D eigenvalue weighted by atomic mass is 10.4. The maximum absolute atomic E-state index is 5.03. The van der Waals surface area contributed by atoms with E-state index < -0.39 is 0 Å². The molecule has 0 fully saturated rings. The molecule has 1 heteroatoms. The van der Waals surface area contributed by atoms with E-state index in [0.29, 0.717) is 13.0 Å². The van der Waals surface area contributed by atoms with Crippen molar-refractivity contribution in [3.63, 3.8) is 0 Å². The van der Waals surface area contributed by atoms with Crippen molar-refractivity contribution in [1.82, 2.24) is 0 Å². The van der Waals surface area contributed by atoms with Crippen molar-refractivity contribution in [2.45, 2.75) is 6.42 Å². The quantitative estimate of drug-likeness (QED) is 0.418. The summed E-state index contributed by atoms with van der Waals surface area (Å²) in [5, 5.41) is 0. The summed E-state index contributed by atoms with van der Waals surface area (Å²) in [7, 11) is 0. The second-order valence-corrected chi connectivity index (χ2v) is 0.939. The van der Waals surface area contributed by atoms with E-state index in [0.717, 1.165) is 0 Å². The lowest BCUT2D eigenvalue weighted by Crippen LogP contribution is -1.92. The van der Waals surface area contributed by atoms with Crippen molar-refractivity contribution < 1.29 is 0 Å². The molecule has 7 heavy (non-hydrogen) atoms. The van der Waals surface area contributed by atoms with E-state index in [4.69, 9.17) is 12.2 Å². The summed E-state index contributed by atoms with van der Waals surface area (Å²) in [6, 6.07) is 0. The summed E-state index contributed by atoms with van der Waals surface area (Å²) in [6.45, 7) is 0.404. The predicted octanol–water partition coefficient (Wildman–Crippen LogP) is -0.0282. The highest BCUT2D eigenvalue weighted by Gasteiger charge is 1.59. The summed E-state index contributed by atoms with van der Waals surface area (Å²) in [5.74, 6) is 7.68. The third-order valence-electron chi connectivity index (χ3n) is 0.418. The van der Waals surface area contributed by atoms with Crippen LogP contribution >= 0.6 is 0 Å². The minimum Gasteiger partial charge on any atom is -0.320 e. The molecule has 0 spiro atoms. The van der Waals surface area contributed by atoms with Crippen LogP contribution in [0.4, 0.5) is 0 Å². The van der Waals surface area contributed by atoms with Crippen LogP contribution in [0.5, 0.6) is 0 Å². The van der Waals surface area contributed by atoms with E-state index in [1.54, 1.807) is 0 Å². The molecule has 0 saturated carbocycles. The van der Waals surface area contributed by atoms with E-state index in [1.165, 1.54) is 0 Å². The molecule has 0 aromatic rings. The fourth-order valence-corrected chi connectivity index (χ4v) is 0.186. The van der Waals surface area contributed by atoms with Gasteiger partial charge in [0.25, 0.3) is 0 Å². The Kier molecular flexibility index (Phi) is 4.41. The lowest BCUT2D eigenvalue weighted by molar-refractivity contribution is 1.29. The van der Waals surface area contributed by atoms with E-state index in [1.807, 2.05) is 0 Å². The van der Waals surface area contributed by atoms with Crippen LogP contribution in [0.1, 0.15) is 6.42 Å². The van der Waals surface area contributed by atoms with Gasteiger partial charge < -0.3 is 5.73 Å². The summed E-state index contributed by atoms with van der Waals surface area (Å²) < 4.78 is 0. The molecule has 1 nitrogen and oxygen atoms in total. The second kappa shape index (κ2) is 5.08. The van der Waals surface area contributed by atoms with Crippen molar-refractivity contribution in [2.24, 2.45) is 5.73 Å². The van der Waals surface area contributed by atoms with Crippen molar-refractivity contribution in [3.05, 3.63) is 0 Å². The smallest absolute Gasteiger partial charge is 0.0700 e. The van der Waals surface area contributed by atoms with E-state index in [2.05, 4.69) is 17.8 Å². The SMILES string of the molecule is C#CCC#CCN. The standard InChI is InChI=1S/C6H7N/c1-2-3-4-5-6-7/h1H,3,6-7H2. The highest BCUT2D eigenvalue weighted by Crippen LogP contribution is 1.63. The third-order valence-corrected chi connectivity index (χ3v) is 0.418. The van der Waals surface area contributed by atoms with Crippen LogP contribution in [0.3, 0.4) is 0 Å². The van der Waals surface area contributed by atoms with E-state index >= 15 is 0 Å². The van der Waals surface area contributed by atoms with Crippen molar-refractivity contribution in [2.75, 3.05) is 6.54 Å². The van der Waals surface area contributed by atoms with E-state index in [-0.39, 0.29) is 0 Å². The first kappa shape index (κ1) is 6.08. The van der Waals surface area contributed by atoms with Gasteiger partial charge in [-0.15, -0.1) is 6.42 Å². The molecule has 0 aromatic heterocycles. The minimum absolute atomic E-state index is 0.404. The second-order valence-electron chi connectivity index (χ2n) is 0.939. The normalized spacial score (nSPS) is 5.71. The fourth-order valence-electron chi connectivity index (χ4n) is 0.186.